The van der Waals surface area contributed by atoms with E-state index < -0.39 is 22.8 Å². The van der Waals surface area contributed by atoms with E-state index in [0.29, 0.717) is 17.9 Å². The Labute approximate surface area is 132 Å². The van der Waals surface area contributed by atoms with E-state index in [1.807, 2.05) is 6.07 Å². The molecule has 2 aromatic carbocycles. The van der Waals surface area contributed by atoms with Crippen LogP contribution in [-0.4, -0.2) is 6.61 Å². The van der Waals surface area contributed by atoms with E-state index in [0.717, 1.165) is 28.6 Å². The first kappa shape index (κ1) is 14.7. The minimum Gasteiger partial charge on any atom is -0.493 e. The van der Waals surface area contributed by atoms with Gasteiger partial charge in [0, 0.05) is 22.0 Å². The fourth-order valence-electron chi connectivity index (χ4n) is 2.39. The summed E-state index contributed by atoms with van der Waals surface area (Å²) in [5.41, 5.74) is 1.36. The van der Waals surface area contributed by atoms with E-state index in [1.54, 1.807) is 6.07 Å². The van der Waals surface area contributed by atoms with Crippen LogP contribution in [0.3, 0.4) is 0 Å². The Kier molecular flexibility index (Phi) is 3.88. The number of rotatable bonds is 2. The van der Waals surface area contributed by atoms with Crippen molar-refractivity contribution in [3.8, 4) is 5.75 Å². The normalized spacial score (nSPS) is 14.7. The number of halogens is 5. The van der Waals surface area contributed by atoms with Gasteiger partial charge in [-0.3, -0.25) is 0 Å². The highest BCUT2D eigenvalue weighted by molar-refractivity contribution is 9.10. The molecule has 1 nitrogen and oxygen atoms in total. The van der Waals surface area contributed by atoms with Gasteiger partial charge in [-0.25, -0.2) is 13.2 Å². The van der Waals surface area contributed by atoms with Crippen LogP contribution >= 0.6 is 27.5 Å². The summed E-state index contributed by atoms with van der Waals surface area (Å²) in [4.78, 5) is 0. The number of hydrogen-bond donors (Lipinski definition) is 0. The molecule has 2 aromatic rings. The first-order chi connectivity index (χ1) is 9.99. The van der Waals surface area contributed by atoms with Crippen LogP contribution < -0.4 is 4.74 Å². The van der Waals surface area contributed by atoms with Gasteiger partial charge in [0.15, 0.2) is 17.5 Å². The van der Waals surface area contributed by atoms with Gasteiger partial charge in [0.25, 0.3) is 0 Å². The molecule has 0 aliphatic carbocycles. The summed E-state index contributed by atoms with van der Waals surface area (Å²) in [6.45, 7) is 0.517. The minimum atomic E-state index is -1.52. The zero-order chi connectivity index (χ0) is 15.1. The summed E-state index contributed by atoms with van der Waals surface area (Å²) in [5.74, 6) is -3.45. The molecule has 0 radical (unpaired) electrons. The lowest BCUT2D eigenvalue weighted by Gasteiger charge is -2.16. The van der Waals surface area contributed by atoms with Gasteiger partial charge >= 0.3 is 0 Å². The maximum atomic E-state index is 13.9. The van der Waals surface area contributed by atoms with Crippen molar-refractivity contribution < 1.29 is 17.9 Å². The topological polar surface area (TPSA) is 9.23 Å². The predicted molar refractivity (Wildman–Crippen MR) is 77.4 cm³/mol. The van der Waals surface area contributed by atoms with E-state index in [2.05, 4.69) is 15.9 Å². The van der Waals surface area contributed by atoms with Crippen LogP contribution in [-0.2, 0) is 6.42 Å². The van der Waals surface area contributed by atoms with Crippen LogP contribution in [0.25, 0.3) is 0 Å². The van der Waals surface area contributed by atoms with Crippen molar-refractivity contribution in [1.82, 2.24) is 0 Å². The fraction of sp³-hybridized carbons (Fsp3) is 0.200. The molecule has 6 heteroatoms. The molecule has 0 aromatic heterocycles. The Hall–Kier alpha value is -1.20. The molecule has 0 fully saturated rings. The Morgan fingerprint density at radius 1 is 1.10 bits per heavy atom. The first-order valence-corrected chi connectivity index (χ1v) is 7.44. The van der Waals surface area contributed by atoms with E-state index in [-0.39, 0.29) is 5.56 Å². The monoisotopic (exact) mass is 376 g/mol. The van der Waals surface area contributed by atoms with Crippen LogP contribution in [0.2, 0.25) is 0 Å². The van der Waals surface area contributed by atoms with Gasteiger partial charge < -0.3 is 4.74 Å². The van der Waals surface area contributed by atoms with Gasteiger partial charge in [0.1, 0.15) is 5.75 Å². The van der Waals surface area contributed by atoms with E-state index >= 15 is 0 Å². The second kappa shape index (κ2) is 5.54. The molecule has 3 rings (SSSR count). The van der Waals surface area contributed by atoms with Crippen LogP contribution in [0.4, 0.5) is 13.2 Å². The average molecular weight is 378 g/mol. The molecule has 0 saturated heterocycles. The number of hydrogen-bond acceptors (Lipinski definition) is 1. The molecule has 0 N–H and O–H groups in total. The number of fused-ring (bicyclic) bond motifs is 1. The summed E-state index contributed by atoms with van der Waals surface area (Å²) in [5, 5.41) is -0.968. The van der Waals surface area contributed by atoms with Gasteiger partial charge in [-0.15, -0.1) is 11.6 Å². The SMILES string of the molecule is Fc1ccc(C(Cl)c2cc(Br)cc3c2OCC3)c(F)c1F. The largest absolute Gasteiger partial charge is 0.493 e. The van der Waals surface area contributed by atoms with E-state index in [4.69, 9.17) is 16.3 Å². The molecule has 1 aliphatic rings. The lowest BCUT2D eigenvalue weighted by Crippen LogP contribution is -2.03. The van der Waals surface area contributed by atoms with Gasteiger partial charge in [0.05, 0.1) is 12.0 Å². The van der Waals surface area contributed by atoms with Gasteiger partial charge in [-0.2, -0.15) is 0 Å². The Morgan fingerprint density at radius 2 is 1.86 bits per heavy atom. The third-order valence-electron chi connectivity index (χ3n) is 3.39. The van der Waals surface area contributed by atoms with Crippen LogP contribution in [0.5, 0.6) is 5.75 Å². The van der Waals surface area contributed by atoms with Crippen molar-refractivity contribution in [3.63, 3.8) is 0 Å². The molecule has 1 heterocycles. The standard InChI is InChI=1S/C15H9BrClF3O/c16-8-5-7-3-4-21-15(7)10(6-8)12(17)9-1-2-11(18)14(20)13(9)19/h1-2,5-6,12H,3-4H2. The molecule has 0 saturated carbocycles. The van der Waals surface area contributed by atoms with Crippen molar-refractivity contribution in [2.24, 2.45) is 0 Å². The lowest BCUT2D eigenvalue weighted by atomic mass is 10.00. The average Bonchev–Trinajstić information content (AvgIpc) is 2.91. The maximum Gasteiger partial charge on any atom is 0.194 e. The van der Waals surface area contributed by atoms with E-state index in [1.165, 1.54) is 0 Å². The quantitative estimate of drug-likeness (QED) is 0.521. The highest BCUT2D eigenvalue weighted by Gasteiger charge is 2.26. The summed E-state index contributed by atoms with van der Waals surface area (Å²) < 4.78 is 46.6. The van der Waals surface area contributed by atoms with Crippen LogP contribution in [0.1, 0.15) is 22.1 Å². The predicted octanol–water partition coefficient (Wildman–Crippen LogP) is 5.13. The highest BCUT2D eigenvalue weighted by atomic mass is 79.9. The van der Waals surface area contributed by atoms with Crippen molar-refractivity contribution in [2.45, 2.75) is 11.8 Å². The Morgan fingerprint density at radius 3 is 2.62 bits per heavy atom. The third-order valence-corrected chi connectivity index (χ3v) is 4.32. The van der Waals surface area contributed by atoms with Crippen molar-refractivity contribution in [1.29, 1.82) is 0 Å². The molecule has 21 heavy (non-hydrogen) atoms. The summed E-state index contributed by atoms with van der Waals surface area (Å²) >= 11 is 9.65. The Bertz CT molecular complexity index is 721. The highest BCUT2D eigenvalue weighted by Crippen LogP contribution is 2.42. The van der Waals surface area contributed by atoms with Crippen molar-refractivity contribution in [3.05, 3.63) is 62.9 Å². The smallest absolute Gasteiger partial charge is 0.194 e. The molecule has 1 atom stereocenters. The van der Waals surface area contributed by atoms with Crippen molar-refractivity contribution >= 4 is 27.5 Å². The number of benzene rings is 2. The molecule has 0 bridgehead atoms. The molecule has 1 aliphatic heterocycles. The second-order valence-electron chi connectivity index (χ2n) is 4.71. The summed E-state index contributed by atoms with van der Waals surface area (Å²) in [6, 6.07) is 5.61. The third kappa shape index (κ3) is 2.53. The summed E-state index contributed by atoms with van der Waals surface area (Å²) in [7, 11) is 0. The molecule has 0 amide bonds. The molecular weight excluding hydrogens is 369 g/mol. The number of ether oxygens (including phenoxy) is 1. The second-order valence-corrected chi connectivity index (χ2v) is 6.06. The zero-order valence-corrected chi connectivity index (χ0v) is 12.9. The van der Waals surface area contributed by atoms with Crippen molar-refractivity contribution in [2.75, 3.05) is 6.61 Å². The molecule has 0 spiro atoms. The first-order valence-electron chi connectivity index (χ1n) is 6.21. The molecule has 110 valence electrons. The molecule has 1 unspecified atom stereocenters. The van der Waals surface area contributed by atoms with Crippen LogP contribution in [0.15, 0.2) is 28.7 Å². The zero-order valence-electron chi connectivity index (χ0n) is 10.6. The van der Waals surface area contributed by atoms with E-state index in [9.17, 15) is 13.2 Å². The fourth-order valence-corrected chi connectivity index (χ4v) is 3.24. The van der Waals surface area contributed by atoms with Gasteiger partial charge in [-0.05, 0) is 23.8 Å². The molecular formula is C15H9BrClF3O. The van der Waals surface area contributed by atoms with Gasteiger partial charge in [0.2, 0.25) is 0 Å². The number of alkyl halides is 1. The van der Waals surface area contributed by atoms with Gasteiger partial charge in [-0.1, -0.05) is 22.0 Å². The maximum absolute atomic E-state index is 13.9. The minimum absolute atomic E-state index is 0.119. The summed E-state index contributed by atoms with van der Waals surface area (Å²) in [6.07, 6.45) is 0.728. The van der Waals surface area contributed by atoms with Crippen LogP contribution in [0, 0.1) is 17.5 Å². The lowest BCUT2D eigenvalue weighted by molar-refractivity contribution is 0.353. The Balaban J connectivity index is 2.12.